The van der Waals surface area contributed by atoms with Crippen LogP contribution in [0.2, 0.25) is 0 Å². The van der Waals surface area contributed by atoms with Gasteiger partial charge in [-0.2, -0.15) is 0 Å². The van der Waals surface area contributed by atoms with Crippen molar-refractivity contribution in [3.05, 3.63) is 50.6 Å². The average molecular weight is 388 g/mol. The van der Waals surface area contributed by atoms with Crippen LogP contribution >= 0.6 is 38.9 Å². The van der Waals surface area contributed by atoms with E-state index in [1.165, 1.54) is 17.0 Å². The summed E-state index contributed by atoms with van der Waals surface area (Å²) in [5, 5.41) is -0.212. The zero-order valence-corrected chi connectivity index (χ0v) is 14.5. The molecule has 1 aromatic carbocycles. The predicted molar refractivity (Wildman–Crippen MR) is 89.7 cm³/mol. The third kappa shape index (κ3) is 3.15. The van der Waals surface area contributed by atoms with E-state index < -0.39 is 0 Å². The molecule has 0 N–H and O–H groups in total. The lowest BCUT2D eigenvalue weighted by Crippen LogP contribution is -2.06. The Bertz CT molecular complexity index is 781. The van der Waals surface area contributed by atoms with Gasteiger partial charge in [-0.1, -0.05) is 0 Å². The number of benzene rings is 1. The third-order valence-electron chi connectivity index (χ3n) is 3.31. The molecule has 2 aromatic heterocycles. The Hall–Kier alpha value is -0.910. The van der Waals surface area contributed by atoms with Gasteiger partial charge in [0.05, 0.1) is 20.2 Å². The van der Waals surface area contributed by atoms with Crippen molar-refractivity contribution < 1.29 is 4.39 Å². The number of rotatable bonds is 4. The highest BCUT2D eigenvalue weighted by Gasteiger charge is 2.15. The SMILES string of the molecule is CC(Cl)c1nc2cc(F)ccc2n1CCc1ccc(Br)s1. The molecule has 0 radical (unpaired) electrons. The summed E-state index contributed by atoms with van der Waals surface area (Å²) in [6, 6.07) is 8.84. The molecule has 6 heteroatoms. The number of hydrogen-bond donors (Lipinski definition) is 0. The normalized spacial score (nSPS) is 13.0. The molecule has 2 heterocycles. The summed E-state index contributed by atoms with van der Waals surface area (Å²) in [7, 11) is 0. The molecule has 0 fully saturated rings. The van der Waals surface area contributed by atoms with Crippen LogP contribution in [0.1, 0.15) is 23.0 Å². The van der Waals surface area contributed by atoms with Gasteiger partial charge in [-0.25, -0.2) is 9.37 Å². The number of alkyl halides is 1. The van der Waals surface area contributed by atoms with Crippen molar-refractivity contribution in [3.8, 4) is 0 Å². The summed E-state index contributed by atoms with van der Waals surface area (Å²) >= 11 is 11.4. The van der Waals surface area contributed by atoms with Crippen molar-refractivity contribution in [2.75, 3.05) is 0 Å². The monoisotopic (exact) mass is 386 g/mol. The van der Waals surface area contributed by atoms with Crippen molar-refractivity contribution in [1.29, 1.82) is 0 Å². The predicted octanol–water partition coefficient (Wildman–Crippen LogP) is 5.54. The van der Waals surface area contributed by atoms with Gasteiger partial charge in [0.15, 0.2) is 0 Å². The summed E-state index contributed by atoms with van der Waals surface area (Å²) < 4.78 is 16.6. The van der Waals surface area contributed by atoms with Crippen LogP contribution in [0.15, 0.2) is 34.1 Å². The first-order chi connectivity index (χ1) is 10.0. The molecule has 0 aliphatic carbocycles. The second kappa shape index (κ2) is 6.07. The van der Waals surface area contributed by atoms with Crippen molar-refractivity contribution in [3.63, 3.8) is 0 Å². The maximum Gasteiger partial charge on any atom is 0.127 e. The molecule has 1 atom stereocenters. The van der Waals surface area contributed by atoms with Gasteiger partial charge in [0.25, 0.3) is 0 Å². The van der Waals surface area contributed by atoms with E-state index in [0.29, 0.717) is 5.52 Å². The highest BCUT2D eigenvalue weighted by molar-refractivity contribution is 9.11. The van der Waals surface area contributed by atoms with Gasteiger partial charge in [0.2, 0.25) is 0 Å². The highest BCUT2D eigenvalue weighted by Crippen LogP contribution is 2.27. The van der Waals surface area contributed by atoms with E-state index >= 15 is 0 Å². The molecule has 3 aromatic rings. The lowest BCUT2D eigenvalue weighted by Gasteiger charge is -2.09. The summed E-state index contributed by atoms with van der Waals surface area (Å²) in [4.78, 5) is 5.77. The van der Waals surface area contributed by atoms with Crippen LogP contribution in [-0.4, -0.2) is 9.55 Å². The second-order valence-corrected chi connectivity index (χ2v) is 8.03. The Balaban J connectivity index is 1.97. The molecule has 0 saturated carbocycles. The fourth-order valence-electron chi connectivity index (χ4n) is 2.37. The first-order valence-corrected chi connectivity index (χ1v) is 8.63. The molecule has 110 valence electrons. The van der Waals surface area contributed by atoms with Crippen molar-refractivity contribution >= 4 is 49.9 Å². The van der Waals surface area contributed by atoms with Crippen molar-refractivity contribution in [2.45, 2.75) is 25.3 Å². The van der Waals surface area contributed by atoms with Crippen LogP contribution < -0.4 is 0 Å². The Morgan fingerprint density at radius 1 is 1.38 bits per heavy atom. The average Bonchev–Trinajstić information content (AvgIpc) is 2.99. The fraction of sp³-hybridized carbons (Fsp3) is 0.267. The topological polar surface area (TPSA) is 17.8 Å². The van der Waals surface area contributed by atoms with Crippen molar-refractivity contribution in [1.82, 2.24) is 9.55 Å². The van der Waals surface area contributed by atoms with E-state index in [1.807, 2.05) is 13.0 Å². The van der Waals surface area contributed by atoms with Crippen LogP contribution in [0.3, 0.4) is 0 Å². The Kier molecular flexibility index (Phi) is 4.33. The standard InChI is InChI=1S/C15H13BrClFN2S/c1-9(17)15-19-12-8-10(18)2-4-13(12)20(15)7-6-11-3-5-14(16)21-11/h2-5,8-9H,6-7H2,1H3. The number of aromatic nitrogens is 2. The summed E-state index contributed by atoms with van der Waals surface area (Å²) in [5.41, 5.74) is 1.58. The zero-order valence-electron chi connectivity index (χ0n) is 11.3. The zero-order chi connectivity index (χ0) is 15.0. The van der Waals surface area contributed by atoms with Gasteiger partial charge in [0.1, 0.15) is 11.6 Å². The fourth-order valence-corrected chi connectivity index (χ4v) is 4.01. The summed E-state index contributed by atoms with van der Waals surface area (Å²) in [6.07, 6.45) is 0.899. The van der Waals surface area contributed by atoms with E-state index in [9.17, 15) is 4.39 Å². The maximum absolute atomic E-state index is 13.3. The number of thiophene rings is 1. The molecule has 0 aliphatic heterocycles. The number of hydrogen-bond acceptors (Lipinski definition) is 2. The molecule has 0 amide bonds. The molecular weight excluding hydrogens is 375 g/mol. The van der Waals surface area contributed by atoms with Crippen LogP contribution in [0, 0.1) is 5.82 Å². The first kappa shape index (κ1) is 15.0. The molecule has 0 saturated heterocycles. The molecule has 0 spiro atoms. The van der Waals surface area contributed by atoms with Crippen LogP contribution in [0.4, 0.5) is 4.39 Å². The van der Waals surface area contributed by atoms with Gasteiger partial charge in [-0.3, -0.25) is 0 Å². The number of fused-ring (bicyclic) bond motifs is 1. The highest BCUT2D eigenvalue weighted by atomic mass is 79.9. The van der Waals surface area contributed by atoms with E-state index in [4.69, 9.17) is 11.6 Å². The number of imidazole rings is 1. The maximum atomic E-state index is 13.3. The van der Waals surface area contributed by atoms with E-state index in [0.717, 1.165) is 28.1 Å². The minimum absolute atomic E-state index is 0.212. The third-order valence-corrected chi connectivity index (χ3v) is 5.18. The molecule has 3 rings (SSSR count). The largest absolute Gasteiger partial charge is 0.326 e. The van der Waals surface area contributed by atoms with Crippen LogP contribution in [-0.2, 0) is 13.0 Å². The Morgan fingerprint density at radius 2 is 2.19 bits per heavy atom. The molecule has 0 aliphatic rings. The summed E-state index contributed by atoms with van der Waals surface area (Å²) in [5.74, 6) is 0.510. The van der Waals surface area contributed by atoms with Gasteiger partial charge in [0, 0.05) is 17.5 Å². The van der Waals surface area contributed by atoms with Gasteiger partial charge in [-0.05, 0) is 53.5 Å². The van der Waals surface area contributed by atoms with Crippen LogP contribution in [0.25, 0.3) is 11.0 Å². The number of aryl methyl sites for hydroxylation is 2. The Labute approximate surface area is 139 Å². The molecule has 1 unspecified atom stereocenters. The van der Waals surface area contributed by atoms with Gasteiger partial charge in [-0.15, -0.1) is 22.9 Å². The quantitative estimate of drug-likeness (QED) is 0.537. The minimum atomic E-state index is -0.275. The molecule has 21 heavy (non-hydrogen) atoms. The van der Waals surface area contributed by atoms with E-state index in [2.05, 4.69) is 31.5 Å². The molecule has 0 bridgehead atoms. The Morgan fingerprint density at radius 3 is 2.86 bits per heavy atom. The van der Waals surface area contributed by atoms with Crippen molar-refractivity contribution in [2.24, 2.45) is 0 Å². The second-order valence-electron chi connectivity index (χ2n) is 4.83. The van der Waals surface area contributed by atoms with E-state index in [-0.39, 0.29) is 11.2 Å². The number of nitrogens with zero attached hydrogens (tertiary/aromatic N) is 2. The lowest BCUT2D eigenvalue weighted by molar-refractivity contribution is 0.629. The van der Waals surface area contributed by atoms with Gasteiger partial charge < -0.3 is 4.57 Å². The first-order valence-electron chi connectivity index (χ1n) is 6.58. The lowest BCUT2D eigenvalue weighted by atomic mass is 10.3. The smallest absolute Gasteiger partial charge is 0.127 e. The molecule has 2 nitrogen and oxygen atoms in total. The van der Waals surface area contributed by atoms with E-state index in [1.54, 1.807) is 17.4 Å². The minimum Gasteiger partial charge on any atom is -0.326 e. The van der Waals surface area contributed by atoms with Crippen LogP contribution in [0.5, 0.6) is 0 Å². The molecular formula is C15H13BrClFN2S. The summed E-state index contributed by atoms with van der Waals surface area (Å²) in [6.45, 7) is 2.67. The van der Waals surface area contributed by atoms with Gasteiger partial charge >= 0.3 is 0 Å². The number of halogens is 3.